The number of amides is 2. The lowest BCUT2D eigenvalue weighted by atomic mass is 9.93. The van der Waals surface area contributed by atoms with Crippen molar-refractivity contribution in [3.63, 3.8) is 0 Å². The monoisotopic (exact) mass is 500 g/mol. The molecule has 1 aromatic heterocycles. The largest absolute Gasteiger partial charge is 0.455 e. The Kier molecular flexibility index (Phi) is 6.67. The van der Waals surface area contributed by atoms with E-state index >= 15 is 0 Å². The lowest BCUT2D eigenvalue weighted by Gasteiger charge is -2.13. The van der Waals surface area contributed by atoms with E-state index in [1.54, 1.807) is 19.1 Å². The number of carbonyl (C=O) groups is 2. The highest BCUT2D eigenvalue weighted by atomic mass is 35.5. The van der Waals surface area contributed by atoms with Crippen LogP contribution in [0.25, 0.3) is 0 Å². The summed E-state index contributed by atoms with van der Waals surface area (Å²) in [5.41, 5.74) is 4.68. The molecule has 0 aliphatic heterocycles. The molecule has 1 aliphatic rings. The third kappa shape index (κ3) is 4.80. The van der Waals surface area contributed by atoms with Crippen molar-refractivity contribution in [2.24, 2.45) is 5.10 Å². The van der Waals surface area contributed by atoms with Gasteiger partial charge >= 0.3 is 0 Å². The van der Waals surface area contributed by atoms with Gasteiger partial charge in [0.1, 0.15) is 5.76 Å². The smallest absolute Gasteiger partial charge is 0.291 e. The SMILES string of the molecule is Cc1c(C(=O)Nc2cccc([N+](=O)[O-])c2)oc2c1/C(=N/NC(=O)c1ccc(Cl)cc1Cl)CCC2. The maximum atomic E-state index is 12.8. The molecule has 0 unspecified atom stereocenters. The van der Waals surface area contributed by atoms with Crippen LogP contribution >= 0.6 is 23.2 Å². The second-order valence-corrected chi connectivity index (χ2v) is 8.44. The van der Waals surface area contributed by atoms with Crippen LogP contribution in [0.15, 0.2) is 52.0 Å². The average Bonchev–Trinajstić information content (AvgIpc) is 3.15. The minimum Gasteiger partial charge on any atom is -0.455 e. The van der Waals surface area contributed by atoms with Gasteiger partial charge in [0, 0.05) is 40.4 Å². The number of carbonyl (C=O) groups excluding carboxylic acids is 2. The van der Waals surface area contributed by atoms with E-state index in [-0.39, 0.29) is 27.7 Å². The molecule has 34 heavy (non-hydrogen) atoms. The van der Waals surface area contributed by atoms with Crippen molar-refractivity contribution in [1.82, 2.24) is 5.43 Å². The average molecular weight is 501 g/mol. The Labute approximate surface area is 203 Å². The minimum absolute atomic E-state index is 0.0816. The molecule has 2 N–H and O–H groups in total. The van der Waals surface area contributed by atoms with Crippen molar-refractivity contribution in [3.05, 3.63) is 90.8 Å². The second-order valence-electron chi connectivity index (χ2n) is 7.59. The van der Waals surface area contributed by atoms with Gasteiger partial charge in [0.15, 0.2) is 5.76 Å². The summed E-state index contributed by atoms with van der Waals surface area (Å²) in [5.74, 6) is -0.363. The summed E-state index contributed by atoms with van der Waals surface area (Å²) in [6.07, 6.45) is 1.91. The van der Waals surface area contributed by atoms with Crippen LogP contribution < -0.4 is 10.7 Å². The first-order valence-electron chi connectivity index (χ1n) is 10.2. The molecule has 0 bridgehead atoms. The molecular weight excluding hydrogens is 483 g/mol. The zero-order valence-electron chi connectivity index (χ0n) is 17.9. The Hall–Kier alpha value is -3.69. The number of rotatable bonds is 5. The number of halogens is 2. The quantitative estimate of drug-likeness (QED) is 0.351. The van der Waals surface area contributed by atoms with Crippen LogP contribution in [0.4, 0.5) is 11.4 Å². The summed E-state index contributed by atoms with van der Waals surface area (Å²) in [4.78, 5) is 35.8. The maximum absolute atomic E-state index is 12.8. The van der Waals surface area contributed by atoms with Gasteiger partial charge in [-0.25, -0.2) is 5.43 Å². The minimum atomic E-state index is -0.541. The molecule has 11 heteroatoms. The van der Waals surface area contributed by atoms with Crippen molar-refractivity contribution in [2.45, 2.75) is 26.2 Å². The summed E-state index contributed by atoms with van der Waals surface area (Å²) in [6.45, 7) is 1.73. The molecule has 4 rings (SSSR count). The van der Waals surface area contributed by atoms with Gasteiger partial charge in [-0.05, 0) is 44.0 Å². The van der Waals surface area contributed by atoms with Gasteiger partial charge in [0.25, 0.3) is 17.5 Å². The predicted octanol–water partition coefficient (Wildman–Crippen LogP) is 5.53. The van der Waals surface area contributed by atoms with Crippen LogP contribution in [-0.4, -0.2) is 22.4 Å². The molecule has 2 aromatic carbocycles. The number of anilines is 1. The van der Waals surface area contributed by atoms with Crippen molar-refractivity contribution < 1.29 is 18.9 Å². The lowest BCUT2D eigenvalue weighted by molar-refractivity contribution is -0.384. The molecule has 0 spiro atoms. The van der Waals surface area contributed by atoms with Crippen LogP contribution in [0.2, 0.25) is 10.0 Å². The molecular formula is C23H18Cl2N4O5. The van der Waals surface area contributed by atoms with Gasteiger partial charge in [-0.15, -0.1) is 0 Å². The Bertz CT molecular complexity index is 1350. The molecule has 0 saturated heterocycles. The first-order valence-corrected chi connectivity index (χ1v) is 11.0. The highest BCUT2D eigenvalue weighted by Crippen LogP contribution is 2.31. The standard InChI is InChI=1S/C23H18Cl2N4O5/c1-12-20-18(27-28-22(30)16-9-8-13(24)10-17(16)25)6-3-7-19(20)34-21(12)23(31)26-14-4-2-5-15(11-14)29(32)33/h2,4-5,8-11H,3,6-7H2,1H3,(H,26,31)(H,28,30)/b27-18+. The zero-order chi connectivity index (χ0) is 24.4. The van der Waals surface area contributed by atoms with E-state index in [9.17, 15) is 19.7 Å². The number of hydrogen-bond acceptors (Lipinski definition) is 6. The molecule has 2 amide bonds. The highest BCUT2D eigenvalue weighted by molar-refractivity contribution is 6.36. The van der Waals surface area contributed by atoms with Crippen LogP contribution in [-0.2, 0) is 6.42 Å². The number of hydrogen-bond donors (Lipinski definition) is 2. The summed E-state index contributed by atoms with van der Waals surface area (Å²) in [5, 5.41) is 18.5. The van der Waals surface area contributed by atoms with Crippen molar-refractivity contribution >= 4 is 52.1 Å². The summed E-state index contributed by atoms with van der Waals surface area (Å²) in [6, 6.07) is 10.2. The Morgan fingerprint density at radius 2 is 1.91 bits per heavy atom. The Morgan fingerprint density at radius 3 is 2.65 bits per heavy atom. The van der Waals surface area contributed by atoms with Gasteiger partial charge in [0.05, 0.1) is 21.2 Å². The van der Waals surface area contributed by atoms with Crippen LogP contribution in [0.3, 0.4) is 0 Å². The van der Waals surface area contributed by atoms with Gasteiger partial charge < -0.3 is 9.73 Å². The number of hydrazone groups is 1. The molecule has 0 fully saturated rings. The number of furan rings is 1. The molecule has 1 aliphatic carbocycles. The summed E-state index contributed by atoms with van der Waals surface area (Å²) in [7, 11) is 0. The molecule has 174 valence electrons. The maximum Gasteiger partial charge on any atom is 0.291 e. The van der Waals surface area contributed by atoms with E-state index < -0.39 is 16.7 Å². The van der Waals surface area contributed by atoms with E-state index in [1.165, 1.54) is 30.3 Å². The van der Waals surface area contributed by atoms with E-state index in [4.69, 9.17) is 27.6 Å². The number of fused-ring (bicyclic) bond motifs is 1. The molecule has 0 atom stereocenters. The molecule has 0 saturated carbocycles. The molecule has 0 radical (unpaired) electrons. The highest BCUT2D eigenvalue weighted by Gasteiger charge is 2.28. The van der Waals surface area contributed by atoms with Crippen LogP contribution in [0.1, 0.15) is 50.6 Å². The van der Waals surface area contributed by atoms with Crippen LogP contribution in [0, 0.1) is 17.0 Å². The number of nitrogens with zero attached hydrogens (tertiary/aromatic N) is 2. The van der Waals surface area contributed by atoms with Gasteiger partial charge in [-0.1, -0.05) is 29.3 Å². The zero-order valence-corrected chi connectivity index (χ0v) is 19.4. The molecule has 1 heterocycles. The Balaban J connectivity index is 1.57. The van der Waals surface area contributed by atoms with Crippen molar-refractivity contribution in [2.75, 3.05) is 5.32 Å². The lowest BCUT2D eigenvalue weighted by Crippen LogP contribution is -2.22. The third-order valence-corrected chi connectivity index (χ3v) is 5.86. The number of nitrogens with one attached hydrogen (secondary N) is 2. The van der Waals surface area contributed by atoms with Gasteiger partial charge in [-0.3, -0.25) is 19.7 Å². The topological polar surface area (TPSA) is 127 Å². The fraction of sp³-hybridized carbons (Fsp3) is 0.174. The predicted molar refractivity (Wildman–Crippen MR) is 128 cm³/mol. The molecule has 3 aromatic rings. The van der Waals surface area contributed by atoms with E-state index in [2.05, 4.69) is 15.8 Å². The number of nitro benzene ring substituents is 1. The summed E-state index contributed by atoms with van der Waals surface area (Å²) < 4.78 is 5.83. The van der Waals surface area contributed by atoms with Gasteiger partial charge in [-0.2, -0.15) is 5.10 Å². The fourth-order valence-electron chi connectivity index (χ4n) is 3.73. The van der Waals surface area contributed by atoms with Crippen molar-refractivity contribution in [1.29, 1.82) is 0 Å². The van der Waals surface area contributed by atoms with E-state index in [1.807, 2.05) is 0 Å². The third-order valence-electron chi connectivity index (χ3n) is 5.31. The second kappa shape index (κ2) is 9.66. The Morgan fingerprint density at radius 1 is 1.12 bits per heavy atom. The number of nitro groups is 1. The normalized spacial score (nSPS) is 13.9. The fourth-order valence-corrected chi connectivity index (χ4v) is 4.23. The van der Waals surface area contributed by atoms with Gasteiger partial charge in [0.2, 0.25) is 0 Å². The number of benzene rings is 2. The first kappa shape index (κ1) is 23.5. The van der Waals surface area contributed by atoms with E-state index in [0.717, 1.165) is 6.42 Å². The number of aryl methyl sites for hydroxylation is 1. The van der Waals surface area contributed by atoms with Crippen LogP contribution in [0.5, 0.6) is 0 Å². The first-order chi connectivity index (χ1) is 16.2. The van der Waals surface area contributed by atoms with Crippen molar-refractivity contribution in [3.8, 4) is 0 Å². The summed E-state index contributed by atoms with van der Waals surface area (Å²) >= 11 is 12.0. The molecule has 9 nitrogen and oxygen atoms in total. The number of non-ortho nitro benzene ring substituents is 1. The van der Waals surface area contributed by atoms with E-state index in [0.29, 0.717) is 40.5 Å².